The summed E-state index contributed by atoms with van der Waals surface area (Å²) in [7, 11) is 4.04. The lowest BCUT2D eigenvalue weighted by Gasteiger charge is -2.10. The predicted molar refractivity (Wildman–Crippen MR) is 62.3 cm³/mol. The van der Waals surface area contributed by atoms with Crippen molar-refractivity contribution in [2.75, 3.05) is 33.0 Å². The van der Waals surface area contributed by atoms with Crippen LogP contribution in [0.3, 0.4) is 0 Å². The van der Waals surface area contributed by atoms with Crippen LogP contribution in [0.15, 0.2) is 12.3 Å². The number of pyridine rings is 1. The lowest BCUT2D eigenvalue weighted by molar-refractivity contribution is 0.273. The van der Waals surface area contributed by atoms with Gasteiger partial charge in [0, 0.05) is 6.54 Å². The number of rotatable bonds is 5. The number of anilines is 1. The molecule has 0 saturated heterocycles. The molecule has 4 nitrogen and oxygen atoms in total. The molecule has 84 valence electrons. The molecule has 5 heteroatoms. The molecule has 0 bridgehead atoms. The molecule has 0 aromatic carbocycles. The van der Waals surface area contributed by atoms with E-state index < -0.39 is 0 Å². The molecular formula is C10H16ClN3O. The molecule has 0 aliphatic carbocycles. The quantitative estimate of drug-likeness (QED) is 0.781. The number of nitrogens with zero attached hydrogens (tertiary/aromatic N) is 2. The summed E-state index contributed by atoms with van der Waals surface area (Å²) < 4.78 is 5.42. The zero-order valence-electron chi connectivity index (χ0n) is 9.03. The van der Waals surface area contributed by atoms with Crippen LogP contribution in [0.2, 0.25) is 5.02 Å². The van der Waals surface area contributed by atoms with Crippen molar-refractivity contribution >= 4 is 17.3 Å². The van der Waals surface area contributed by atoms with Crippen molar-refractivity contribution in [3.63, 3.8) is 0 Å². The van der Waals surface area contributed by atoms with Gasteiger partial charge in [-0.15, -0.1) is 0 Å². The largest absolute Gasteiger partial charge is 0.477 e. The molecule has 0 fully saturated rings. The Balaban J connectivity index is 2.37. The average Bonchev–Trinajstić information content (AvgIpc) is 2.14. The van der Waals surface area contributed by atoms with Crippen molar-refractivity contribution in [3.05, 3.63) is 17.3 Å². The van der Waals surface area contributed by atoms with Gasteiger partial charge in [-0.2, -0.15) is 0 Å². The SMILES string of the molecule is CN(C)CCCOc1ncc(N)cc1Cl. The normalized spacial score (nSPS) is 10.7. The molecular weight excluding hydrogens is 214 g/mol. The molecule has 0 saturated carbocycles. The summed E-state index contributed by atoms with van der Waals surface area (Å²) in [5.41, 5.74) is 6.06. The van der Waals surface area contributed by atoms with Crippen LogP contribution in [-0.4, -0.2) is 37.1 Å². The van der Waals surface area contributed by atoms with Gasteiger partial charge in [0.15, 0.2) is 0 Å². The summed E-state index contributed by atoms with van der Waals surface area (Å²) in [5, 5.41) is 0.458. The van der Waals surface area contributed by atoms with Gasteiger partial charge in [-0.3, -0.25) is 0 Å². The van der Waals surface area contributed by atoms with Gasteiger partial charge in [-0.05, 0) is 26.6 Å². The molecule has 0 aliphatic rings. The van der Waals surface area contributed by atoms with Crippen molar-refractivity contribution in [1.82, 2.24) is 9.88 Å². The number of hydrogen-bond donors (Lipinski definition) is 1. The highest BCUT2D eigenvalue weighted by atomic mass is 35.5. The summed E-state index contributed by atoms with van der Waals surface area (Å²) in [6.45, 7) is 1.58. The molecule has 1 rings (SSSR count). The van der Waals surface area contributed by atoms with Crippen LogP contribution in [0.5, 0.6) is 5.88 Å². The molecule has 0 aliphatic heterocycles. The topological polar surface area (TPSA) is 51.4 Å². The van der Waals surface area contributed by atoms with Gasteiger partial charge in [-0.1, -0.05) is 11.6 Å². The van der Waals surface area contributed by atoms with E-state index in [-0.39, 0.29) is 0 Å². The Morgan fingerprint density at radius 1 is 1.53 bits per heavy atom. The van der Waals surface area contributed by atoms with E-state index in [1.807, 2.05) is 14.1 Å². The highest BCUT2D eigenvalue weighted by molar-refractivity contribution is 6.32. The van der Waals surface area contributed by atoms with E-state index >= 15 is 0 Å². The zero-order chi connectivity index (χ0) is 11.3. The first-order valence-electron chi connectivity index (χ1n) is 4.78. The third-order valence-electron chi connectivity index (χ3n) is 1.82. The van der Waals surface area contributed by atoms with E-state index in [9.17, 15) is 0 Å². The molecule has 2 N–H and O–H groups in total. The van der Waals surface area contributed by atoms with Crippen molar-refractivity contribution in [2.45, 2.75) is 6.42 Å². The van der Waals surface area contributed by atoms with Gasteiger partial charge in [0.2, 0.25) is 5.88 Å². The second kappa shape index (κ2) is 5.78. The Morgan fingerprint density at radius 3 is 2.87 bits per heavy atom. The molecule has 0 atom stereocenters. The first kappa shape index (κ1) is 12.1. The van der Waals surface area contributed by atoms with Crippen LogP contribution in [-0.2, 0) is 0 Å². The molecule has 0 spiro atoms. The van der Waals surface area contributed by atoms with Gasteiger partial charge >= 0.3 is 0 Å². The van der Waals surface area contributed by atoms with Crippen LogP contribution in [0.4, 0.5) is 5.69 Å². The smallest absolute Gasteiger partial charge is 0.232 e. The van der Waals surface area contributed by atoms with Gasteiger partial charge < -0.3 is 15.4 Å². The summed E-state index contributed by atoms with van der Waals surface area (Å²) in [6, 6.07) is 1.63. The summed E-state index contributed by atoms with van der Waals surface area (Å²) in [6.07, 6.45) is 2.47. The van der Waals surface area contributed by atoms with E-state index in [0.29, 0.717) is 23.2 Å². The van der Waals surface area contributed by atoms with E-state index in [4.69, 9.17) is 22.1 Å². The average molecular weight is 230 g/mol. The molecule has 0 radical (unpaired) electrons. The second-order valence-corrected chi connectivity index (χ2v) is 3.97. The Labute approximate surface area is 95.0 Å². The van der Waals surface area contributed by atoms with E-state index in [1.54, 1.807) is 6.07 Å². The van der Waals surface area contributed by atoms with Crippen molar-refractivity contribution in [2.24, 2.45) is 0 Å². The minimum Gasteiger partial charge on any atom is -0.477 e. The Morgan fingerprint density at radius 2 is 2.27 bits per heavy atom. The Hall–Kier alpha value is -1.00. The number of aromatic nitrogens is 1. The monoisotopic (exact) mass is 229 g/mol. The Kier molecular flexibility index (Phi) is 4.65. The summed E-state index contributed by atoms with van der Waals surface area (Å²) in [5.74, 6) is 0.449. The molecule has 0 amide bonds. The first-order valence-corrected chi connectivity index (χ1v) is 5.16. The van der Waals surface area contributed by atoms with Crippen molar-refractivity contribution in [1.29, 1.82) is 0 Å². The molecule has 15 heavy (non-hydrogen) atoms. The van der Waals surface area contributed by atoms with Crippen LogP contribution in [0.25, 0.3) is 0 Å². The first-order chi connectivity index (χ1) is 7.09. The summed E-state index contributed by atoms with van der Waals surface area (Å²) >= 11 is 5.89. The second-order valence-electron chi connectivity index (χ2n) is 3.56. The maximum Gasteiger partial charge on any atom is 0.232 e. The van der Waals surface area contributed by atoms with Gasteiger partial charge in [0.05, 0.1) is 18.5 Å². The number of nitrogens with two attached hydrogens (primary N) is 1. The lowest BCUT2D eigenvalue weighted by Crippen LogP contribution is -2.15. The molecule has 0 unspecified atom stereocenters. The predicted octanol–water partition coefficient (Wildman–Crippen LogP) is 1.65. The summed E-state index contributed by atoms with van der Waals surface area (Å²) in [4.78, 5) is 6.10. The van der Waals surface area contributed by atoms with Gasteiger partial charge in [0.25, 0.3) is 0 Å². The highest BCUT2D eigenvalue weighted by Gasteiger charge is 2.03. The fraction of sp³-hybridized carbons (Fsp3) is 0.500. The fourth-order valence-electron chi connectivity index (χ4n) is 1.10. The lowest BCUT2D eigenvalue weighted by atomic mass is 10.4. The number of ether oxygens (including phenoxy) is 1. The van der Waals surface area contributed by atoms with Crippen LogP contribution < -0.4 is 10.5 Å². The highest BCUT2D eigenvalue weighted by Crippen LogP contribution is 2.23. The van der Waals surface area contributed by atoms with Crippen molar-refractivity contribution < 1.29 is 4.74 Å². The van der Waals surface area contributed by atoms with Crippen molar-refractivity contribution in [3.8, 4) is 5.88 Å². The van der Waals surface area contributed by atoms with Gasteiger partial charge in [-0.25, -0.2) is 4.98 Å². The Bertz CT molecular complexity index is 318. The minimum atomic E-state index is 0.449. The minimum absolute atomic E-state index is 0.449. The number of nitrogen functional groups attached to an aromatic ring is 1. The molecule has 1 aromatic rings. The third-order valence-corrected chi connectivity index (χ3v) is 2.09. The van der Waals surface area contributed by atoms with Crippen LogP contribution in [0, 0.1) is 0 Å². The third kappa shape index (κ3) is 4.36. The maximum atomic E-state index is 5.89. The fourth-order valence-corrected chi connectivity index (χ4v) is 1.33. The van der Waals surface area contributed by atoms with Crippen LogP contribution >= 0.6 is 11.6 Å². The van der Waals surface area contributed by atoms with E-state index in [1.165, 1.54) is 6.20 Å². The molecule has 1 heterocycles. The zero-order valence-corrected chi connectivity index (χ0v) is 9.79. The van der Waals surface area contributed by atoms with Gasteiger partial charge in [0.1, 0.15) is 5.02 Å². The number of hydrogen-bond acceptors (Lipinski definition) is 4. The van der Waals surface area contributed by atoms with E-state index in [2.05, 4.69) is 9.88 Å². The van der Waals surface area contributed by atoms with Crippen LogP contribution in [0.1, 0.15) is 6.42 Å². The maximum absolute atomic E-state index is 5.89. The molecule has 1 aromatic heterocycles. The standard InChI is InChI=1S/C10H16ClN3O/c1-14(2)4-3-5-15-10-9(11)6-8(12)7-13-10/h6-7H,3-5,12H2,1-2H3. The number of halogens is 1. The van der Waals surface area contributed by atoms with E-state index in [0.717, 1.165) is 13.0 Å².